The lowest BCUT2D eigenvalue weighted by Gasteiger charge is -2.35. The summed E-state index contributed by atoms with van der Waals surface area (Å²) in [5.74, 6) is 1.08. The zero-order valence-corrected chi connectivity index (χ0v) is 17.9. The molecular weight excluding hydrogens is 424 g/mol. The average Bonchev–Trinajstić information content (AvgIpc) is 3.24. The van der Waals surface area contributed by atoms with Gasteiger partial charge in [-0.1, -0.05) is 12.1 Å². The SMILES string of the molecule is CN(Cc1ccc(OC(F)F)cc1)C(=O)CN1CCN(c2ncnc3sccc23)CC1. The Morgan fingerprint density at radius 1 is 1.16 bits per heavy atom. The van der Waals surface area contributed by atoms with E-state index in [4.69, 9.17) is 0 Å². The molecule has 0 atom stereocenters. The first kappa shape index (κ1) is 21.4. The zero-order chi connectivity index (χ0) is 21.8. The number of ether oxygens (including phenoxy) is 1. The second kappa shape index (κ2) is 9.52. The van der Waals surface area contributed by atoms with Crippen LogP contribution >= 0.6 is 11.3 Å². The molecule has 0 bridgehead atoms. The van der Waals surface area contributed by atoms with Gasteiger partial charge in [-0.2, -0.15) is 8.78 Å². The number of likely N-dealkylation sites (N-methyl/N-ethyl adjacent to an activating group) is 1. The number of nitrogens with zero attached hydrogens (tertiary/aromatic N) is 5. The van der Waals surface area contributed by atoms with Crippen LogP contribution in [0, 0.1) is 0 Å². The molecule has 3 heterocycles. The normalized spacial score (nSPS) is 14.9. The van der Waals surface area contributed by atoms with Gasteiger partial charge in [0.1, 0.15) is 22.7 Å². The third-order valence-corrected chi connectivity index (χ3v) is 6.09. The predicted octanol–water partition coefficient (Wildman–Crippen LogP) is 3.07. The summed E-state index contributed by atoms with van der Waals surface area (Å²) >= 11 is 1.60. The summed E-state index contributed by atoms with van der Waals surface area (Å²) in [6.07, 6.45) is 1.60. The number of hydrogen-bond donors (Lipinski definition) is 0. The van der Waals surface area contributed by atoms with Crippen molar-refractivity contribution in [2.75, 3.05) is 44.7 Å². The van der Waals surface area contributed by atoms with Crippen LogP contribution in [0.2, 0.25) is 0 Å². The third kappa shape index (κ3) is 5.26. The molecular formula is C21H23F2N5O2S. The number of alkyl halides is 2. The van der Waals surface area contributed by atoms with Gasteiger partial charge in [0.05, 0.1) is 11.9 Å². The van der Waals surface area contributed by atoms with Crippen molar-refractivity contribution in [2.24, 2.45) is 0 Å². The first-order valence-electron chi connectivity index (χ1n) is 9.93. The summed E-state index contributed by atoms with van der Waals surface area (Å²) in [6, 6.07) is 8.39. The van der Waals surface area contributed by atoms with Gasteiger partial charge in [0, 0.05) is 39.8 Å². The summed E-state index contributed by atoms with van der Waals surface area (Å²) in [6.45, 7) is 1.04. The fraction of sp³-hybridized carbons (Fsp3) is 0.381. The average molecular weight is 448 g/mol. The molecule has 1 fully saturated rings. The monoisotopic (exact) mass is 447 g/mol. The van der Waals surface area contributed by atoms with Crippen molar-refractivity contribution in [3.8, 4) is 5.75 Å². The van der Waals surface area contributed by atoms with E-state index in [0.717, 1.165) is 47.8 Å². The summed E-state index contributed by atoms with van der Waals surface area (Å²) in [5.41, 5.74) is 0.853. The van der Waals surface area contributed by atoms with E-state index in [0.29, 0.717) is 13.1 Å². The number of aromatic nitrogens is 2. The molecule has 164 valence electrons. The van der Waals surface area contributed by atoms with Crippen molar-refractivity contribution in [3.05, 3.63) is 47.6 Å². The first-order valence-corrected chi connectivity index (χ1v) is 10.8. The van der Waals surface area contributed by atoms with Crippen LogP contribution in [0.4, 0.5) is 14.6 Å². The molecule has 1 aromatic carbocycles. The molecule has 31 heavy (non-hydrogen) atoms. The van der Waals surface area contributed by atoms with Crippen molar-refractivity contribution < 1.29 is 18.3 Å². The number of benzene rings is 1. The standard InChI is InChI=1S/C21H23F2N5O2S/c1-26(12-15-2-4-16(5-3-15)30-21(22)23)18(29)13-27-7-9-28(10-8-27)19-17-6-11-31-20(17)25-14-24-19/h2-6,11,14,21H,7-10,12-13H2,1H3. The van der Waals surface area contributed by atoms with Crippen molar-refractivity contribution in [1.29, 1.82) is 0 Å². The molecule has 0 saturated carbocycles. The predicted molar refractivity (Wildman–Crippen MR) is 116 cm³/mol. The van der Waals surface area contributed by atoms with Crippen LogP contribution in [0.3, 0.4) is 0 Å². The zero-order valence-electron chi connectivity index (χ0n) is 17.1. The fourth-order valence-electron chi connectivity index (χ4n) is 3.60. The molecule has 3 aromatic rings. The minimum absolute atomic E-state index is 0.0172. The van der Waals surface area contributed by atoms with Gasteiger partial charge in [-0.25, -0.2) is 9.97 Å². The molecule has 0 N–H and O–H groups in total. The topological polar surface area (TPSA) is 61.8 Å². The number of thiophene rings is 1. The Morgan fingerprint density at radius 2 is 1.90 bits per heavy atom. The van der Waals surface area contributed by atoms with Crippen LogP contribution in [0.1, 0.15) is 5.56 Å². The molecule has 0 aliphatic carbocycles. The second-order valence-corrected chi connectivity index (χ2v) is 8.27. The van der Waals surface area contributed by atoms with Gasteiger partial charge in [0.2, 0.25) is 5.91 Å². The van der Waals surface area contributed by atoms with E-state index in [-0.39, 0.29) is 11.7 Å². The quantitative estimate of drug-likeness (QED) is 0.555. The van der Waals surface area contributed by atoms with Crippen molar-refractivity contribution in [3.63, 3.8) is 0 Å². The minimum Gasteiger partial charge on any atom is -0.435 e. The summed E-state index contributed by atoms with van der Waals surface area (Å²) in [4.78, 5) is 28.4. The highest BCUT2D eigenvalue weighted by Gasteiger charge is 2.22. The van der Waals surface area contributed by atoms with Crippen LogP contribution in [-0.4, -0.2) is 72.1 Å². The number of hydrogen-bond acceptors (Lipinski definition) is 7. The Kier molecular flexibility index (Phi) is 6.57. The number of amides is 1. The van der Waals surface area contributed by atoms with Gasteiger partial charge in [0.15, 0.2) is 0 Å². The maximum Gasteiger partial charge on any atom is 0.387 e. The number of fused-ring (bicyclic) bond motifs is 1. The van der Waals surface area contributed by atoms with Crippen LogP contribution in [0.5, 0.6) is 5.75 Å². The number of rotatable bonds is 7. The Bertz CT molecular complexity index is 1020. The number of carbonyl (C=O) groups excluding carboxylic acids is 1. The van der Waals surface area contributed by atoms with E-state index in [1.54, 1.807) is 41.7 Å². The highest BCUT2D eigenvalue weighted by Crippen LogP contribution is 2.27. The molecule has 7 nitrogen and oxygen atoms in total. The summed E-state index contributed by atoms with van der Waals surface area (Å²) in [7, 11) is 1.75. The van der Waals surface area contributed by atoms with Gasteiger partial charge in [-0.3, -0.25) is 9.69 Å². The molecule has 1 saturated heterocycles. The Morgan fingerprint density at radius 3 is 2.61 bits per heavy atom. The third-order valence-electron chi connectivity index (χ3n) is 5.27. The first-order chi connectivity index (χ1) is 15.0. The van der Waals surface area contributed by atoms with E-state index in [9.17, 15) is 13.6 Å². The summed E-state index contributed by atoms with van der Waals surface area (Å²) in [5, 5.41) is 3.09. The van der Waals surface area contributed by atoms with E-state index in [2.05, 4.69) is 24.5 Å². The van der Waals surface area contributed by atoms with Gasteiger partial charge in [-0.15, -0.1) is 11.3 Å². The Hall–Kier alpha value is -2.85. The minimum atomic E-state index is -2.85. The molecule has 0 radical (unpaired) electrons. The van der Waals surface area contributed by atoms with Gasteiger partial charge >= 0.3 is 6.61 Å². The highest BCUT2D eigenvalue weighted by atomic mass is 32.1. The molecule has 0 unspecified atom stereocenters. The van der Waals surface area contributed by atoms with Crippen molar-refractivity contribution >= 4 is 33.3 Å². The van der Waals surface area contributed by atoms with E-state index >= 15 is 0 Å². The van der Waals surface area contributed by atoms with E-state index < -0.39 is 6.61 Å². The molecule has 1 aliphatic rings. The van der Waals surface area contributed by atoms with Crippen LogP contribution in [0.15, 0.2) is 42.0 Å². The molecule has 1 aliphatic heterocycles. The maximum atomic E-state index is 12.6. The lowest BCUT2D eigenvalue weighted by molar-refractivity contribution is -0.131. The summed E-state index contributed by atoms with van der Waals surface area (Å²) < 4.78 is 28.8. The van der Waals surface area contributed by atoms with Crippen LogP contribution in [-0.2, 0) is 11.3 Å². The molecule has 0 spiro atoms. The van der Waals surface area contributed by atoms with Gasteiger partial charge < -0.3 is 14.5 Å². The lowest BCUT2D eigenvalue weighted by Crippen LogP contribution is -2.49. The van der Waals surface area contributed by atoms with Crippen molar-refractivity contribution in [2.45, 2.75) is 13.2 Å². The highest BCUT2D eigenvalue weighted by molar-refractivity contribution is 7.16. The maximum absolute atomic E-state index is 12.6. The molecule has 4 rings (SSSR count). The lowest BCUT2D eigenvalue weighted by atomic mass is 10.2. The molecule has 2 aromatic heterocycles. The van der Waals surface area contributed by atoms with E-state index in [1.165, 1.54) is 12.1 Å². The van der Waals surface area contributed by atoms with E-state index in [1.807, 2.05) is 11.4 Å². The van der Waals surface area contributed by atoms with Gasteiger partial charge in [0.25, 0.3) is 0 Å². The van der Waals surface area contributed by atoms with Gasteiger partial charge in [-0.05, 0) is 29.1 Å². The number of piperazine rings is 1. The largest absolute Gasteiger partial charge is 0.435 e. The fourth-order valence-corrected chi connectivity index (χ4v) is 4.32. The Labute approximate surface area is 182 Å². The number of carbonyl (C=O) groups is 1. The number of halogens is 2. The second-order valence-electron chi connectivity index (χ2n) is 7.37. The molecule has 1 amide bonds. The number of anilines is 1. The van der Waals surface area contributed by atoms with Crippen molar-refractivity contribution in [1.82, 2.24) is 19.8 Å². The Balaban J connectivity index is 1.27. The molecule has 10 heteroatoms. The van der Waals surface area contributed by atoms with Crippen LogP contribution in [0.25, 0.3) is 10.2 Å². The smallest absolute Gasteiger partial charge is 0.387 e. The van der Waals surface area contributed by atoms with Crippen LogP contribution < -0.4 is 9.64 Å².